The number of hydrogen-bond acceptors (Lipinski definition) is 3. The van der Waals surface area contributed by atoms with Crippen LogP contribution >= 0.6 is 24.0 Å². The summed E-state index contributed by atoms with van der Waals surface area (Å²) in [6, 6.07) is 6.25. The van der Waals surface area contributed by atoms with Crippen LogP contribution in [0.4, 0.5) is 5.69 Å². The average molecular weight is 414 g/mol. The standard InChI is InChI=1S/C20H28ClN3O2.ClH/c1-20(2,3)11-18(25)23-14-6-7-17(21)16(10-14)19(26)24-15-8-12-4-5-13(9-15)22-12;/h6-7,10,12-13,15,22H,4-5,8-9,11H2,1-3H3,(H,23,25)(H,24,26);1H. The van der Waals surface area contributed by atoms with Crippen molar-refractivity contribution in [3.63, 3.8) is 0 Å². The van der Waals surface area contributed by atoms with Crippen LogP contribution in [-0.2, 0) is 4.79 Å². The quantitative estimate of drug-likeness (QED) is 0.693. The Hall–Kier alpha value is -1.30. The van der Waals surface area contributed by atoms with E-state index in [1.807, 2.05) is 20.8 Å². The first-order valence-electron chi connectivity index (χ1n) is 9.36. The van der Waals surface area contributed by atoms with Crippen molar-refractivity contribution in [1.29, 1.82) is 0 Å². The minimum atomic E-state index is -0.173. The monoisotopic (exact) mass is 413 g/mol. The van der Waals surface area contributed by atoms with E-state index in [2.05, 4.69) is 16.0 Å². The van der Waals surface area contributed by atoms with Gasteiger partial charge >= 0.3 is 0 Å². The Kier molecular flexibility index (Phi) is 7.17. The molecule has 1 aromatic rings. The number of hydrogen-bond donors (Lipinski definition) is 3. The van der Waals surface area contributed by atoms with E-state index in [1.54, 1.807) is 18.2 Å². The van der Waals surface area contributed by atoms with E-state index in [-0.39, 0.29) is 35.7 Å². The van der Waals surface area contributed by atoms with E-state index in [1.165, 1.54) is 12.8 Å². The molecule has 2 atom stereocenters. The largest absolute Gasteiger partial charge is 0.349 e. The van der Waals surface area contributed by atoms with Crippen molar-refractivity contribution in [2.75, 3.05) is 5.32 Å². The van der Waals surface area contributed by atoms with Crippen LogP contribution in [0.3, 0.4) is 0 Å². The van der Waals surface area contributed by atoms with Crippen molar-refractivity contribution in [2.45, 2.75) is 71.0 Å². The van der Waals surface area contributed by atoms with E-state index in [0.29, 0.717) is 34.8 Å². The Labute approximate surface area is 172 Å². The fourth-order valence-corrected chi connectivity index (χ4v) is 4.11. The van der Waals surface area contributed by atoms with Crippen LogP contribution < -0.4 is 16.0 Å². The zero-order chi connectivity index (χ0) is 18.9. The maximum Gasteiger partial charge on any atom is 0.253 e. The zero-order valence-corrected chi connectivity index (χ0v) is 17.7. The first-order chi connectivity index (χ1) is 12.2. The Morgan fingerprint density at radius 3 is 2.41 bits per heavy atom. The van der Waals surface area contributed by atoms with Gasteiger partial charge < -0.3 is 16.0 Å². The molecule has 2 unspecified atom stereocenters. The summed E-state index contributed by atoms with van der Waals surface area (Å²) in [4.78, 5) is 24.8. The van der Waals surface area contributed by atoms with Crippen molar-refractivity contribution >= 4 is 41.5 Å². The second kappa shape index (κ2) is 8.80. The second-order valence-corrected chi connectivity index (χ2v) is 9.17. The van der Waals surface area contributed by atoms with Gasteiger partial charge in [0, 0.05) is 30.2 Å². The number of amides is 2. The molecular formula is C20H29Cl2N3O2. The molecule has 0 aromatic heterocycles. The molecule has 0 spiro atoms. The Morgan fingerprint density at radius 1 is 1.19 bits per heavy atom. The second-order valence-electron chi connectivity index (χ2n) is 8.76. The van der Waals surface area contributed by atoms with E-state index in [4.69, 9.17) is 11.6 Å². The minimum absolute atomic E-state index is 0. The average Bonchev–Trinajstić information content (AvgIpc) is 2.86. The molecule has 3 N–H and O–H groups in total. The summed E-state index contributed by atoms with van der Waals surface area (Å²) < 4.78 is 0. The highest BCUT2D eigenvalue weighted by molar-refractivity contribution is 6.34. The van der Waals surface area contributed by atoms with Gasteiger partial charge in [0.2, 0.25) is 5.91 Å². The number of piperidine rings is 1. The summed E-state index contributed by atoms with van der Waals surface area (Å²) in [7, 11) is 0. The lowest BCUT2D eigenvalue weighted by Crippen LogP contribution is -2.48. The van der Waals surface area contributed by atoms with E-state index < -0.39 is 0 Å². The van der Waals surface area contributed by atoms with Gasteiger partial charge in [0.1, 0.15) is 0 Å². The molecule has 0 aliphatic carbocycles. The molecule has 1 aromatic carbocycles. The maximum atomic E-state index is 12.7. The Morgan fingerprint density at radius 2 is 1.81 bits per heavy atom. The summed E-state index contributed by atoms with van der Waals surface area (Å²) in [6.45, 7) is 6.04. The van der Waals surface area contributed by atoms with Crippen molar-refractivity contribution in [3.05, 3.63) is 28.8 Å². The van der Waals surface area contributed by atoms with Crippen LogP contribution in [0.25, 0.3) is 0 Å². The van der Waals surface area contributed by atoms with Crippen molar-refractivity contribution in [2.24, 2.45) is 5.41 Å². The molecule has 2 amide bonds. The van der Waals surface area contributed by atoms with Crippen LogP contribution in [0.2, 0.25) is 5.02 Å². The number of anilines is 1. The van der Waals surface area contributed by atoms with E-state index in [9.17, 15) is 9.59 Å². The topological polar surface area (TPSA) is 70.2 Å². The highest BCUT2D eigenvalue weighted by Gasteiger charge is 2.34. The third-order valence-corrected chi connectivity index (χ3v) is 5.32. The van der Waals surface area contributed by atoms with Crippen LogP contribution in [0, 0.1) is 5.41 Å². The number of carbonyl (C=O) groups excluding carboxylic acids is 2. The van der Waals surface area contributed by atoms with E-state index >= 15 is 0 Å². The molecule has 0 saturated carbocycles. The molecule has 27 heavy (non-hydrogen) atoms. The number of benzene rings is 1. The first-order valence-corrected chi connectivity index (χ1v) is 9.74. The van der Waals surface area contributed by atoms with Crippen LogP contribution in [0.1, 0.15) is 63.2 Å². The number of nitrogens with one attached hydrogen (secondary N) is 3. The van der Waals surface area contributed by atoms with Crippen molar-refractivity contribution in [1.82, 2.24) is 10.6 Å². The molecule has 2 fully saturated rings. The molecular weight excluding hydrogens is 385 g/mol. The fraction of sp³-hybridized carbons (Fsp3) is 0.600. The molecule has 2 bridgehead atoms. The summed E-state index contributed by atoms with van der Waals surface area (Å²) in [5.74, 6) is -0.241. The van der Waals surface area contributed by atoms with Gasteiger partial charge in [-0.15, -0.1) is 12.4 Å². The van der Waals surface area contributed by atoms with Crippen LogP contribution in [0.15, 0.2) is 18.2 Å². The van der Waals surface area contributed by atoms with Gasteiger partial charge in [0.15, 0.2) is 0 Å². The number of rotatable bonds is 4. The molecule has 0 radical (unpaired) electrons. The Bertz CT molecular complexity index is 691. The highest BCUT2D eigenvalue weighted by Crippen LogP contribution is 2.28. The molecule has 7 heteroatoms. The highest BCUT2D eigenvalue weighted by atomic mass is 35.5. The zero-order valence-electron chi connectivity index (χ0n) is 16.1. The van der Waals surface area contributed by atoms with E-state index in [0.717, 1.165) is 12.8 Å². The third-order valence-electron chi connectivity index (χ3n) is 4.99. The number of carbonyl (C=O) groups is 2. The third kappa shape index (κ3) is 6.09. The van der Waals surface area contributed by atoms with Crippen molar-refractivity contribution < 1.29 is 9.59 Å². The first kappa shape index (κ1) is 22.0. The summed E-state index contributed by atoms with van der Waals surface area (Å²) in [5.41, 5.74) is 0.913. The SMILES string of the molecule is CC(C)(C)CC(=O)Nc1ccc(Cl)c(C(=O)NC2CC3CCC(C2)N3)c1.Cl. The number of fused-ring (bicyclic) bond motifs is 2. The predicted molar refractivity (Wildman–Crippen MR) is 112 cm³/mol. The fourth-order valence-electron chi connectivity index (χ4n) is 3.90. The molecule has 5 nitrogen and oxygen atoms in total. The summed E-state index contributed by atoms with van der Waals surface area (Å²) >= 11 is 6.24. The number of halogens is 2. The van der Waals surface area contributed by atoms with Crippen LogP contribution in [-0.4, -0.2) is 29.9 Å². The summed E-state index contributed by atoms with van der Waals surface area (Å²) in [5, 5.41) is 9.95. The summed E-state index contributed by atoms with van der Waals surface area (Å²) in [6.07, 6.45) is 4.71. The lowest BCUT2D eigenvalue weighted by molar-refractivity contribution is -0.117. The normalized spacial score (nSPS) is 24.1. The molecule has 150 valence electrons. The van der Waals surface area contributed by atoms with Gasteiger partial charge in [0.25, 0.3) is 5.91 Å². The molecule has 2 aliphatic heterocycles. The molecule has 2 saturated heterocycles. The van der Waals surface area contributed by atoms with Gasteiger partial charge in [-0.3, -0.25) is 9.59 Å². The van der Waals surface area contributed by atoms with Gasteiger partial charge in [-0.1, -0.05) is 32.4 Å². The smallest absolute Gasteiger partial charge is 0.253 e. The Balaban J connectivity index is 0.00000261. The van der Waals surface area contributed by atoms with Gasteiger partial charge in [-0.2, -0.15) is 0 Å². The molecule has 2 aliphatic rings. The van der Waals surface area contributed by atoms with Crippen molar-refractivity contribution in [3.8, 4) is 0 Å². The van der Waals surface area contributed by atoms with Gasteiger partial charge in [-0.05, 0) is 49.3 Å². The van der Waals surface area contributed by atoms with Gasteiger partial charge in [-0.25, -0.2) is 0 Å². The molecule has 2 heterocycles. The molecule has 3 rings (SSSR count). The lowest BCUT2D eigenvalue weighted by atomic mass is 9.92. The predicted octanol–water partition coefficient (Wildman–Crippen LogP) is 4.15. The maximum absolute atomic E-state index is 12.7. The minimum Gasteiger partial charge on any atom is -0.349 e. The lowest BCUT2D eigenvalue weighted by Gasteiger charge is -2.29. The van der Waals surface area contributed by atoms with Gasteiger partial charge in [0.05, 0.1) is 10.6 Å². The van der Waals surface area contributed by atoms with Crippen LogP contribution in [0.5, 0.6) is 0 Å².